The molecule has 0 saturated carbocycles. The first-order valence-electron chi connectivity index (χ1n) is 5.24. The molecule has 2 rings (SSSR count). The first-order chi connectivity index (χ1) is 7.88. The molecule has 2 N–H and O–H groups in total. The van der Waals surface area contributed by atoms with Gasteiger partial charge in [0.25, 0.3) is 5.56 Å². The van der Waals surface area contributed by atoms with Gasteiger partial charge in [-0.3, -0.25) is 14.3 Å². The summed E-state index contributed by atoms with van der Waals surface area (Å²) in [4.78, 5) is 24.5. The van der Waals surface area contributed by atoms with Crippen LogP contribution in [0.3, 0.4) is 0 Å². The minimum atomic E-state index is -1.36. The fraction of sp³-hybridized carbons (Fsp3) is 0.600. The number of nitrogens with zero attached hydrogens (tertiary/aromatic N) is 1. The van der Waals surface area contributed by atoms with Crippen LogP contribution in [0.2, 0.25) is 0 Å². The zero-order chi connectivity index (χ0) is 12.8. The Labute approximate surface area is 95.7 Å². The summed E-state index contributed by atoms with van der Waals surface area (Å²) in [6.07, 6.45) is 0.0871. The average Bonchev–Trinajstić information content (AvgIpc) is 2.57. The van der Waals surface area contributed by atoms with Crippen molar-refractivity contribution >= 4 is 0 Å². The van der Waals surface area contributed by atoms with Crippen molar-refractivity contribution < 1.29 is 14.2 Å². The minimum absolute atomic E-state index is 0.364. The Morgan fingerprint density at radius 1 is 1.59 bits per heavy atom. The summed E-state index contributed by atoms with van der Waals surface area (Å²) >= 11 is 0. The molecule has 1 saturated heterocycles. The number of H-pyrrole nitrogens is 1. The fourth-order valence-corrected chi connectivity index (χ4v) is 2.10. The second-order valence-corrected chi connectivity index (χ2v) is 4.35. The highest BCUT2D eigenvalue weighted by Crippen LogP contribution is 2.34. The predicted octanol–water partition coefficient (Wildman–Crippen LogP) is -0.0947. The lowest BCUT2D eigenvalue weighted by atomic mass is 9.94. The quantitative estimate of drug-likeness (QED) is 0.722. The van der Waals surface area contributed by atoms with E-state index in [1.54, 1.807) is 13.8 Å². The van der Waals surface area contributed by atoms with Crippen LogP contribution in [0, 0.1) is 5.82 Å². The van der Waals surface area contributed by atoms with Gasteiger partial charge in [-0.2, -0.15) is 4.39 Å². The van der Waals surface area contributed by atoms with Crippen molar-refractivity contribution in [2.75, 3.05) is 6.61 Å². The molecule has 1 aliphatic heterocycles. The number of ether oxygens (including phenoxy) is 1. The van der Waals surface area contributed by atoms with Crippen LogP contribution in [0.25, 0.3) is 0 Å². The van der Waals surface area contributed by atoms with Gasteiger partial charge in [0.1, 0.15) is 0 Å². The van der Waals surface area contributed by atoms with Crippen molar-refractivity contribution in [3.63, 3.8) is 0 Å². The lowest BCUT2D eigenvalue weighted by Crippen LogP contribution is -2.46. The van der Waals surface area contributed by atoms with Gasteiger partial charge in [-0.1, -0.05) is 0 Å². The van der Waals surface area contributed by atoms with Gasteiger partial charge in [0.15, 0.2) is 0 Å². The summed E-state index contributed by atoms with van der Waals surface area (Å²) < 4.78 is 19.5. The maximum absolute atomic E-state index is 13.3. The Morgan fingerprint density at radius 2 is 2.24 bits per heavy atom. The predicted molar refractivity (Wildman–Crippen MR) is 56.6 cm³/mol. The number of rotatable bonds is 1. The van der Waals surface area contributed by atoms with E-state index in [2.05, 4.69) is 0 Å². The second kappa shape index (κ2) is 3.69. The van der Waals surface area contributed by atoms with E-state index >= 15 is 0 Å². The molecule has 17 heavy (non-hydrogen) atoms. The van der Waals surface area contributed by atoms with Gasteiger partial charge in [-0.25, -0.2) is 4.79 Å². The molecule has 1 aliphatic rings. The van der Waals surface area contributed by atoms with Gasteiger partial charge < -0.3 is 9.84 Å². The van der Waals surface area contributed by atoms with Gasteiger partial charge >= 0.3 is 5.69 Å². The molecule has 2 heterocycles. The molecular weight excluding hydrogens is 231 g/mol. The van der Waals surface area contributed by atoms with Crippen molar-refractivity contribution in [2.45, 2.75) is 31.9 Å². The average molecular weight is 244 g/mol. The van der Waals surface area contributed by atoms with Crippen LogP contribution in [0.5, 0.6) is 5.88 Å². The van der Waals surface area contributed by atoms with Crippen molar-refractivity contribution in [3.8, 4) is 5.88 Å². The molecule has 0 bridgehead atoms. The Kier molecular flexibility index (Phi) is 2.57. The number of nitrogens with one attached hydrogen (secondary N) is 1. The summed E-state index contributed by atoms with van der Waals surface area (Å²) in [5.74, 6) is -2.30. The van der Waals surface area contributed by atoms with E-state index in [4.69, 9.17) is 4.74 Å². The Hall–Kier alpha value is -1.63. The normalized spacial score (nSPS) is 28.5. The third kappa shape index (κ3) is 1.57. The summed E-state index contributed by atoms with van der Waals surface area (Å²) in [5, 5.41) is 9.62. The topological polar surface area (TPSA) is 84.3 Å². The van der Waals surface area contributed by atoms with Gasteiger partial charge in [0.2, 0.25) is 11.7 Å². The lowest BCUT2D eigenvalue weighted by molar-refractivity contribution is 0.0691. The minimum Gasteiger partial charge on any atom is -0.492 e. The van der Waals surface area contributed by atoms with Gasteiger partial charge in [-0.15, -0.1) is 0 Å². The number of hydrogen-bond acceptors (Lipinski definition) is 4. The zero-order valence-corrected chi connectivity index (χ0v) is 9.49. The molecule has 1 aromatic rings. The molecule has 6 nitrogen and oxygen atoms in total. The monoisotopic (exact) mass is 244 g/mol. The molecule has 0 aromatic carbocycles. The van der Waals surface area contributed by atoms with E-state index in [1.165, 1.54) is 0 Å². The zero-order valence-electron chi connectivity index (χ0n) is 9.49. The van der Waals surface area contributed by atoms with Crippen molar-refractivity contribution in [3.05, 3.63) is 26.7 Å². The second-order valence-electron chi connectivity index (χ2n) is 4.35. The summed E-state index contributed by atoms with van der Waals surface area (Å²) in [5.41, 5.74) is -2.93. The smallest absolute Gasteiger partial charge is 0.331 e. The SMILES string of the molecule is CC1OCCC1(C)n1c(O)c(F)c(=O)[nH]c1=O. The molecule has 0 amide bonds. The third-order valence-corrected chi connectivity index (χ3v) is 3.39. The first kappa shape index (κ1) is 11.8. The molecule has 1 fully saturated rings. The van der Waals surface area contributed by atoms with Gasteiger partial charge in [-0.05, 0) is 20.3 Å². The van der Waals surface area contributed by atoms with Crippen LogP contribution in [-0.2, 0) is 10.3 Å². The number of halogens is 1. The maximum Gasteiger partial charge on any atom is 0.331 e. The van der Waals surface area contributed by atoms with Crippen molar-refractivity contribution in [2.24, 2.45) is 0 Å². The molecule has 2 unspecified atom stereocenters. The van der Waals surface area contributed by atoms with E-state index in [0.29, 0.717) is 13.0 Å². The van der Waals surface area contributed by atoms with Crippen LogP contribution in [0.15, 0.2) is 9.59 Å². The van der Waals surface area contributed by atoms with E-state index < -0.39 is 28.5 Å². The molecule has 0 spiro atoms. The Balaban J connectivity index is 2.72. The highest BCUT2D eigenvalue weighted by molar-refractivity contribution is 5.14. The highest BCUT2D eigenvalue weighted by Gasteiger charge is 2.42. The molecule has 0 aliphatic carbocycles. The molecule has 7 heteroatoms. The molecule has 2 atom stereocenters. The summed E-state index contributed by atoms with van der Waals surface area (Å²) in [7, 11) is 0. The number of hydrogen-bond donors (Lipinski definition) is 2. The first-order valence-corrected chi connectivity index (χ1v) is 5.24. The van der Waals surface area contributed by atoms with Gasteiger partial charge in [0, 0.05) is 6.61 Å². The van der Waals surface area contributed by atoms with Crippen LogP contribution in [0.1, 0.15) is 20.3 Å². The molecule has 94 valence electrons. The number of aromatic hydroxyl groups is 1. The van der Waals surface area contributed by atoms with Crippen LogP contribution < -0.4 is 11.2 Å². The molecular formula is C10H13FN2O4. The molecule has 1 aromatic heterocycles. The third-order valence-electron chi connectivity index (χ3n) is 3.39. The van der Waals surface area contributed by atoms with E-state index in [0.717, 1.165) is 4.57 Å². The van der Waals surface area contributed by atoms with Gasteiger partial charge in [0.05, 0.1) is 11.6 Å². The summed E-state index contributed by atoms with van der Waals surface area (Å²) in [6, 6.07) is 0. The van der Waals surface area contributed by atoms with E-state index in [1.807, 2.05) is 4.98 Å². The Bertz CT molecular complexity index is 564. The summed E-state index contributed by atoms with van der Waals surface area (Å²) in [6.45, 7) is 3.80. The highest BCUT2D eigenvalue weighted by atomic mass is 19.1. The Morgan fingerprint density at radius 3 is 2.76 bits per heavy atom. The fourth-order valence-electron chi connectivity index (χ4n) is 2.10. The lowest BCUT2D eigenvalue weighted by Gasteiger charge is -2.30. The standard InChI is InChI=1S/C10H13FN2O4/c1-5-10(2,3-4-17-5)13-8(15)6(11)7(14)12-9(13)16/h5,15H,3-4H2,1-2H3,(H,12,14,16). The van der Waals surface area contributed by atoms with Crippen LogP contribution >= 0.6 is 0 Å². The maximum atomic E-state index is 13.3. The number of aromatic amines is 1. The largest absolute Gasteiger partial charge is 0.492 e. The van der Waals surface area contributed by atoms with Crippen molar-refractivity contribution in [1.29, 1.82) is 0 Å². The van der Waals surface area contributed by atoms with E-state index in [-0.39, 0.29) is 6.10 Å². The van der Waals surface area contributed by atoms with Crippen LogP contribution in [0.4, 0.5) is 4.39 Å². The molecule has 0 radical (unpaired) electrons. The number of aromatic nitrogens is 2. The van der Waals surface area contributed by atoms with Crippen LogP contribution in [-0.4, -0.2) is 27.4 Å². The van der Waals surface area contributed by atoms with Crippen molar-refractivity contribution in [1.82, 2.24) is 9.55 Å². The van der Waals surface area contributed by atoms with E-state index in [9.17, 15) is 19.1 Å².